The molecule has 1 aromatic rings. The molecule has 0 spiro atoms. The lowest BCUT2D eigenvalue weighted by Crippen LogP contribution is -2.27. The molecule has 0 fully saturated rings. The Morgan fingerprint density at radius 2 is 2.31 bits per heavy atom. The third-order valence-electron chi connectivity index (χ3n) is 2.21. The van der Waals surface area contributed by atoms with Crippen LogP contribution in [0.2, 0.25) is 5.02 Å². The molecule has 1 rings (SSSR count). The van der Waals surface area contributed by atoms with E-state index in [2.05, 4.69) is 21.2 Å². The Balaban J connectivity index is 2.73. The van der Waals surface area contributed by atoms with Crippen molar-refractivity contribution in [3.63, 3.8) is 0 Å². The van der Waals surface area contributed by atoms with E-state index < -0.39 is 0 Å². The van der Waals surface area contributed by atoms with E-state index in [0.717, 1.165) is 10.0 Å². The van der Waals surface area contributed by atoms with Gasteiger partial charge in [-0.1, -0.05) is 27.5 Å². The highest BCUT2D eigenvalue weighted by molar-refractivity contribution is 9.10. The first kappa shape index (κ1) is 13.9. The number of nitrogens with one attached hydrogen (secondary N) is 1. The van der Waals surface area contributed by atoms with Crippen molar-refractivity contribution in [1.82, 2.24) is 5.32 Å². The summed E-state index contributed by atoms with van der Waals surface area (Å²) in [7, 11) is 1.64. The molecule has 1 atom stereocenters. The normalized spacial score (nSPS) is 12.8. The fourth-order valence-electron chi connectivity index (χ4n) is 1.39. The summed E-state index contributed by atoms with van der Waals surface area (Å²) < 4.78 is 5.88. The molecule has 0 amide bonds. The highest BCUT2D eigenvalue weighted by Gasteiger charge is 2.13. The molecule has 90 valence electrons. The second-order valence-corrected chi connectivity index (χ2v) is 4.64. The summed E-state index contributed by atoms with van der Waals surface area (Å²) in [5, 5.41) is 13.2. The first-order valence-corrected chi connectivity index (χ1v) is 6.14. The second-order valence-electron chi connectivity index (χ2n) is 3.35. The maximum absolute atomic E-state index is 9.33. The van der Waals surface area contributed by atoms with Crippen molar-refractivity contribution in [2.24, 2.45) is 0 Å². The average Bonchev–Trinajstić information content (AvgIpc) is 2.28. The Morgan fingerprint density at radius 3 is 2.94 bits per heavy atom. The monoisotopic (exact) mass is 307 g/mol. The number of aliphatic hydroxyl groups excluding tert-OH is 1. The van der Waals surface area contributed by atoms with Crippen LogP contribution in [0.15, 0.2) is 22.7 Å². The van der Waals surface area contributed by atoms with Gasteiger partial charge in [0.2, 0.25) is 0 Å². The fraction of sp³-hybridized carbons (Fsp3) is 0.455. The number of hydrogen-bond acceptors (Lipinski definition) is 3. The SMILES string of the molecule is COCCNC(CO)c1cc(Cl)ccc1Br. The maximum atomic E-state index is 9.33. The predicted molar refractivity (Wildman–Crippen MR) is 68.9 cm³/mol. The molecule has 1 unspecified atom stereocenters. The smallest absolute Gasteiger partial charge is 0.0626 e. The molecule has 3 nitrogen and oxygen atoms in total. The summed E-state index contributed by atoms with van der Waals surface area (Å²) in [5.74, 6) is 0. The largest absolute Gasteiger partial charge is 0.394 e. The van der Waals surface area contributed by atoms with E-state index in [4.69, 9.17) is 16.3 Å². The van der Waals surface area contributed by atoms with Crippen molar-refractivity contribution < 1.29 is 9.84 Å². The fourth-order valence-corrected chi connectivity index (χ4v) is 2.09. The maximum Gasteiger partial charge on any atom is 0.0626 e. The van der Waals surface area contributed by atoms with Gasteiger partial charge in [0.25, 0.3) is 0 Å². The van der Waals surface area contributed by atoms with Crippen molar-refractivity contribution in [2.45, 2.75) is 6.04 Å². The molecule has 0 aliphatic heterocycles. The van der Waals surface area contributed by atoms with Gasteiger partial charge in [-0.15, -0.1) is 0 Å². The Hall–Kier alpha value is -0.130. The van der Waals surface area contributed by atoms with Crippen LogP contribution < -0.4 is 5.32 Å². The van der Waals surface area contributed by atoms with Crippen LogP contribution in [0.4, 0.5) is 0 Å². The van der Waals surface area contributed by atoms with Crippen molar-refractivity contribution in [1.29, 1.82) is 0 Å². The van der Waals surface area contributed by atoms with E-state index in [-0.39, 0.29) is 12.6 Å². The van der Waals surface area contributed by atoms with Gasteiger partial charge >= 0.3 is 0 Å². The van der Waals surface area contributed by atoms with Gasteiger partial charge < -0.3 is 15.2 Å². The number of hydrogen-bond donors (Lipinski definition) is 2. The Bertz CT molecular complexity index is 336. The van der Waals surface area contributed by atoms with E-state index >= 15 is 0 Å². The van der Waals surface area contributed by atoms with Crippen LogP contribution in [-0.4, -0.2) is 32.0 Å². The van der Waals surface area contributed by atoms with Crippen LogP contribution in [0.3, 0.4) is 0 Å². The van der Waals surface area contributed by atoms with E-state index in [1.807, 2.05) is 12.1 Å². The number of methoxy groups -OCH3 is 1. The zero-order valence-corrected chi connectivity index (χ0v) is 11.4. The molecule has 0 saturated carbocycles. The van der Waals surface area contributed by atoms with Gasteiger partial charge in [-0.2, -0.15) is 0 Å². The van der Waals surface area contributed by atoms with E-state index in [0.29, 0.717) is 18.2 Å². The van der Waals surface area contributed by atoms with E-state index in [1.165, 1.54) is 0 Å². The zero-order valence-electron chi connectivity index (χ0n) is 9.04. The van der Waals surface area contributed by atoms with Crippen LogP contribution in [0, 0.1) is 0 Å². The Labute approximate surface area is 109 Å². The summed E-state index contributed by atoms with van der Waals surface area (Å²) in [5.41, 5.74) is 0.950. The van der Waals surface area contributed by atoms with Gasteiger partial charge in [0, 0.05) is 23.1 Å². The summed E-state index contributed by atoms with van der Waals surface area (Å²) in [4.78, 5) is 0. The molecular formula is C11H15BrClNO2. The quantitative estimate of drug-likeness (QED) is 0.793. The van der Waals surface area contributed by atoms with Crippen molar-refractivity contribution >= 4 is 27.5 Å². The summed E-state index contributed by atoms with van der Waals surface area (Å²) in [6.07, 6.45) is 0. The van der Waals surface area contributed by atoms with Crippen LogP contribution in [0.1, 0.15) is 11.6 Å². The first-order chi connectivity index (χ1) is 7.69. The van der Waals surface area contributed by atoms with Crippen LogP contribution >= 0.6 is 27.5 Å². The number of halogens is 2. The second kappa shape index (κ2) is 7.25. The number of rotatable bonds is 6. The molecule has 0 aliphatic rings. The lowest BCUT2D eigenvalue weighted by molar-refractivity contribution is 0.184. The van der Waals surface area contributed by atoms with Crippen molar-refractivity contribution in [2.75, 3.05) is 26.9 Å². The number of ether oxygens (including phenoxy) is 1. The Morgan fingerprint density at radius 1 is 1.56 bits per heavy atom. The highest BCUT2D eigenvalue weighted by atomic mass is 79.9. The molecular weight excluding hydrogens is 293 g/mol. The van der Waals surface area contributed by atoms with Crippen LogP contribution in [0.25, 0.3) is 0 Å². The van der Waals surface area contributed by atoms with Crippen molar-refractivity contribution in [3.8, 4) is 0 Å². The van der Waals surface area contributed by atoms with Gasteiger partial charge in [-0.05, 0) is 23.8 Å². The number of benzene rings is 1. The third kappa shape index (κ3) is 4.03. The highest BCUT2D eigenvalue weighted by Crippen LogP contribution is 2.26. The molecule has 0 saturated heterocycles. The lowest BCUT2D eigenvalue weighted by atomic mass is 10.1. The molecule has 0 aromatic heterocycles. The first-order valence-electron chi connectivity index (χ1n) is 4.97. The zero-order chi connectivity index (χ0) is 12.0. The third-order valence-corrected chi connectivity index (χ3v) is 3.17. The molecule has 1 aromatic carbocycles. The molecule has 5 heteroatoms. The minimum absolute atomic E-state index is 0.0165. The number of aliphatic hydroxyl groups is 1. The summed E-state index contributed by atoms with van der Waals surface area (Å²) in [6.45, 7) is 1.30. The molecule has 0 radical (unpaired) electrons. The lowest BCUT2D eigenvalue weighted by Gasteiger charge is -2.18. The van der Waals surface area contributed by atoms with E-state index in [9.17, 15) is 5.11 Å². The molecule has 0 aliphatic carbocycles. The average molecular weight is 309 g/mol. The van der Waals surface area contributed by atoms with Gasteiger partial charge in [0.15, 0.2) is 0 Å². The summed E-state index contributed by atoms with van der Waals surface area (Å²) in [6, 6.07) is 5.38. The molecule has 0 bridgehead atoms. The van der Waals surface area contributed by atoms with E-state index in [1.54, 1.807) is 13.2 Å². The molecule has 2 N–H and O–H groups in total. The van der Waals surface area contributed by atoms with Crippen LogP contribution in [0.5, 0.6) is 0 Å². The standard InChI is InChI=1S/C11H15BrClNO2/c1-16-5-4-14-11(7-15)9-6-8(13)2-3-10(9)12/h2-3,6,11,14-15H,4-5,7H2,1H3. The minimum Gasteiger partial charge on any atom is -0.394 e. The van der Waals surface area contributed by atoms with Gasteiger partial charge in [-0.25, -0.2) is 0 Å². The van der Waals surface area contributed by atoms with Crippen LogP contribution in [-0.2, 0) is 4.74 Å². The predicted octanol–water partition coefficient (Wildman–Crippen LogP) is 2.37. The molecule has 0 heterocycles. The Kier molecular flexibility index (Phi) is 6.31. The van der Waals surface area contributed by atoms with Gasteiger partial charge in [-0.3, -0.25) is 0 Å². The minimum atomic E-state index is -0.136. The van der Waals surface area contributed by atoms with Crippen molar-refractivity contribution in [3.05, 3.63) is 33.3 Å². The van der Waals surface area contributed by atoms with Gasteiger partial charge in [0.1, 0.15) is 0 Å². The molecule has 16 heavy (non-hydrogen) atoms. The van der Waals surface area contributed by atoms with Gasteiger partial charge in [0.05, 0.1) is 19.3 Å². The topological polar surface area (TPSA) is 41.5 Å². The summed E-state index contributed by atoms with van der Waals surface area (Å²) >= 11 is 9.36.